The Hall–Kier alpha value is -2.30. The highest BCUT2D eigenvalue weighted by Crippen LogP contribution is 2.17. The molecule has 1 saturated heterocycles. The van der Waals surface area contributed by atoms with E-state index in [-0.39, 0.29) is 11.8 Å². The van der Waals surface area contributed by atoms with Crippen LogP contribution >= 0.6 is 0 Å². The van der Waals surface area contributed by atoms with E-state index < -0.39 is 6.04 Å². The third-order valence-corrected chi connectivity index (χ3v) is 3.43. The lowest BCUT2D eigenvalue weighted by Gasteiger charge is -2.22. The van der Waals surface area contributed by atoms with E-state index in [9.17, 15) is 9.59 Å². The number of benzene rings is 1. The molecule has 1 aliphatic rings. The number of nitrogens with one attached hydrogen (secondary N) is 3. The Labute approximate surface area is 110 Å². The van der Waals surface area contributed by atoms with E-state index in [1.807, 2.05) is 18.2 Å². The molecule has 0 saturated carbocycles. The highest BCUT2D eigenvalue weighted by molar-refractivity contribution is 6.07. The summed E-state index contributed by atoms with van der Waals surface area (Å²) in [4.78, 5) is 27.0. The van der Waals surface area contributed by atoms with Gasteiger partial charge in [-0.1, -0.05) is 6.07 Å². The molecular formula is C14H15N3O2. The summed E-state index contributed by atoms with van der Waals surface area (Å²) in [6.45, 7) is 0.693. The highest BCUT2D eigenvalue weighted by atomic mass is 16.2. The van der Waals surface area contributed by atoms with Crippen LogP contribution in [0.1, 0.15) is 23.2 Å². The molecule has 5 nitrogen and oxygen atoms in total. The van der Waals surface area contributed by atoms with Crippen LogP contribution < -0.4 is 10.6 Å². The molecule has 1 aromatic carbocycles. The molecule has 0 radical (unpaired) electrons. The number of rotatable bonds is 2. The first kappa shape index (κ1) is 11.8. The minimum atomic E-state index is -0.421. The highest BCUT2D eigenvalue weighted by Gasteiger charge is 2.24. The fraction of sp³-hybridized carbons (Fsp3) is 0.286. The van der Waals surface area contributed by atoms with Gasteiger partial charge in [-0.15, -0.1) is 0 Å². The molecule has 2 aromatic rings. The SMILES string of the molecule is O=C(NC1CCCNC1=O)c1cccc2[nH]ccc12. The number of fused-ring (bicyclic) bond motifs is 1. The fourth-order valence-electron chi connectivity index (χ4n) is 2.43. The van der Waals surface area contributed by atoms with Crippen molar-refractivity contribution in [3.05, 3.63) is 36.0 Å². The van der Waals surface area contributed by atoms with Crippen molar-refractivity contribution in [1.29, 1.82) is 0 Å². The number of amides is 2. The van der Waals surface area contributed by atoms with E-state index in [1.54, 1.807) is 12.3 Å². The molecule has 0 aliphatic carbocycles. The van der Waals surface area contributed by atoms with Crippen LogP contribution in [-0.4, -0.2) is 29.4 Å². The molecule has 1 atom stereocenters. The summed E-state index contributed by atoms with van der Waals surface area (Å²) in [5.41, 5.74) is 1.51. The number of aromatic nitrogens is 1. The maximum atomic E-state index is 12.3. The first-order valence-corrected chi connectivity index (χ1v) is 6.40. The van der Waals surface area contributed by atoms with Crippen LogP contribution in [0.4, 0.5) is 0 Å². The second-order valence-corrected chi connectivity index (χ2v) is 4.70. The summed E-state index contributed by atoms with van der Waals surface area (Å²) in [5.74, 6) is -0.298. The van der Waals surface area contributed by atoms with Gasteiger partial charge in [-0.25, -0.2) is 0 Å². The standard InChI is InChI=1S/C14H15N3O2/c18-13(17-12-5-2-7-16-14(12)19)10-3-1-4-11-9(10)6-8-15-11/h1,3-4,6,8,12,15H,2,5,7H2,(H,16,19)(H,17,18). The zero-order valence-corrected chi connectivity index (χ0v) is 10.4. The number of H-pyrrole nitrogens is 1. The average molecular weight is 257 g/mol. The van der Waals surface area contributed by atoms with Crippen molar-refractivity contribution in [3.63, 3.8) is 0 Å². The summed E-state index contributed by atoms with van der Waals surface area (Å²) in [6.07, 6.45) is 3.39. The maximum absolute atomic E-state index is 12.3. The van der Waals surface area contributed by atoms with E-state index in [0.717, 1.165) is 17.3 Å². The van der Waals surface area contributed by atoms with Gasteiger partial charge in [-0.05, 0) is 31.0 Å². The smallest absolute Gasteiger partial charge is 0.252 e. The Bertz CT molecular complexity index is 632. The van der Waals surface area contributed by atoms with Crippen LogP contribution in [0.15, 0.2) is 30.5 Å². The molecule has 0 bridgehead atoms. The lowest BCUT2D eigenvalue weighted by atomic mass is 10.0. The van der Waals surface area contributed by atoms with Crippen molar-refractivity contribution in [3.8, 4) is 0 Å². The Morgan fingerprint density at radius 1 is 1.32 bits per heavy atom. The molecule has 5 heteroatoms. The lowest BCUT2D eigenvalue weighted by molar-refractivity contribution is -0.124. The topological polar surface area (TPSA) is 74.0 Å². The van der Waals surface area contributed by atoms with Gasteiger partial charge in [0, 0.05) is 29.2 Å². The van der Waals surface area contributed by atoms with E-state index in [2.05, 4.69) is 15.6 Å². The number of carbonyl (C=O) groups excluding carboxylic acids is 2. The molecule has 98 valence electrons. The van der Waals surface area contributed by atoms with Crippen molar-refractivity contribution >= 4 is 22.7 Å². The van der Waals surface area contributed by atoms with Gasteiger partial charge >= 0.3 is 0 Å². The minimum absolute atomic E-state index is 0.0964. The van der Waals surface area contributed by atoms with Crippen molar-refractivity contribution in [1.82, 2.24) is 15.6 Å². The first-order chi connectivity index (χ1) is 9.25. The average Bonchev–Trinajstić information content (AvgIpc) is 2.89. The van der Waals surface area contributed by atoms with Crippen LogP contribution in [0.25, 0.3) is 10.9 Å². The van der Waals surface area contributed by atoms with Crippen LogP contribution in [0, 0.1) is 0 Å². The van der Waals surface area contributed by atoms with Crippen molar-refractivity contribution in [2.45, 2.75) is 18.9 Å². The van der Waals surface area contributed by atoms with Crippen molar-refractivity contribution in [2.75, 3.05) is 6.54 Å². The van der Waals surface area contributed by atoms with Crippen molar-refractivity contribution in [2.24, 2.45) is 0 Å². The van der Waals surface area contributed by atoms with Crippen LogP contribution in [-0.2, 0) is 4.79 Å². The van der Waals surface area contributed by atoms with Gasteiger partial charge < -0.3 is 15.6 Å². The number of hydrogen-bond donors (Lipinski definition) is 3. The Morgan fingerprint density at radius 2 is 2.21 bits per heavy atom. The Morgan fingerprint density at radius 3 is 3.05 bits per heavy atom. The second-order valence-electron chi connectivity index (χ2n) is 4.70. The zero-order valence-electron chi connectivity index (χ0n) is 10.4. The molecule has 0 spiro atoms. The monoisotopic (exact) mass is 257 g/mol. The fourth-order valence-corrected chi connectivity index (χ4v) is 2.43. The van der Waals surface area contributed by atoms with Crippen molar-refractivity contribution < 1.29 is 9.59 Å². The number of aromatic amines is 1. The molecule has 3 N–H and O–H groups in total. The van der Waals surface area contributed by atoms with Gasteiger partial charge in [0.15, 0.2) is 0 Å². The molecule has 2 heterocycles. The van der Waals surface area contributed by atoms with Gasteiger partial charge in [0.1, 0.15) is 6.04 Å². The summed E-state index contributed by atoms with van der Waals surface area (Å²) >= 11 is 0. The molecule has 19 heavy (non-hydrogen) atoms. The third kappa shape index (κ3) is 2.19. The number of hydrogen-bond acceptors (Lipinski definition) is 2. The largest absolute Gasteiger partial charge is 0.361 e. The lowest BCUT2D eigenvalue weighted by Crippen LogP contribution is -2.50. The van der Waals surface area contributed by atoms with Crippen LogP contribution in [0.3, 0.4) is 0 Å². The molecular weight excluding hydrogens is 242 g/mol. The van der Waals surface area contributed by atoms with E-state index in [4.69, 9.17) is 0 Å². The quantitative estimate of drug-likeness (QED) is 0.755. The maximum Gasteiger partial charge on any atom is 0.252 e. The second kappa shape index (κ2) is 4.76. The van der Waals surface area contributed by atoms with Gasteiger partial charge in [-0.2, -0.15) is 0 Å². The third-order valence-electron chi connectivity index (χ3n) is 3.43. The van der Waals surface area contributed by atoms with Crippen LogP contribution in [0.5, 0.6) is 0 Å². The van der Waals surface area contributed by atoms with E-state index in [0.29, 0.717) is 18.5 Å². The summed E-state index contributed by atoms with van der Waals surface area (Å²) in [7, 11) is 0. The number of piperidine rings is 1. The molecule has 1 unspecified atom stereocenters. The molecule has 2 amide bonds. The van der Waals surface area contributed by atoms with Gasteiger partial charge in [0.2, 0.25) is 5.91 Å². The predicted molar refractivity (Wildman–Crippen MR) is 71.8 cm³/mol. The summed E-state index contributed by atoms with van der Waals surface area (Å²) < 4.78 is 0. The van der Waals surface area contributed by atoms with E-state index >= 15 is 0 Å². The Balaban J connectivity index is 1.83. The van der Waals surface area contributed by atoms with Crippen LogP contribution in [0.2, 0.25) is 0 Å². The minimum Gasteiger partial charge on any atom is -0.361 e. The van der Waals surface area contributed by atoms with Gasteiger partial charge in [-0.3, -0.25) is 9.59 Å². The molecule has 1 fully saturated rings. The summed E-state index contributed by atoms with van der Waals surface area (Å²) in [6, 6.07) is 6.96. The number of carbonyl (C=O) groups is 2. The predicted octanol–water partition coefficient (Wildman–Crippen LogP) is 1.18. The molecule has 1 aliphatic heterocycles. The Kier molecular flexibility index (Phi) is 2.95. The normalized spacial score (nSPS) is 19.2. The first-order valence-electron chi connectivity index (χ1n) is 6.40. The van der Waals surface area contributed by atoms with Gasteiger partial charge in [0.25, 0.3) is 5.91 Å². The molecule has 3 rings (SSSR count). The summed E-state index contributed by atoms with van der Waals surface area (Å²) in [5, 5.41) is 6.43. The van der Waals surface area contributed by atoms with Gasteiger partial charge in [0.05, 0.1) is 0 Å². The van der Waals surface area contributed by atoms with E-state index in [1.165, 1.54) is 0 Å². The molecule has 1 aromatic heterocycles. The zero-order chi connectivity index (χ0) is 13.2.